The van der Waals surface area contributed by atoms with Crippen LogP contribution in [0.4, 0.5) is 5.69 Å². The number of ether oxygens (including phenoxy) is 2. The van der Waals surface area contributed by atoms with Crippen molar-refractivity contribution in [3.63, 3.8) is 0 Å². The highest BCUT2D eigenvalue weighted by molar-refractivity contribution is 6.30. The molecule has 1 unspecified atom stereocenters. The molecule has 0 amide bonds. The van der Waals surface area contributed by atoms with E-state index in [0.29, 0.717) is 12.2 Å². The molecule has 1 fully saturated rings. The standard InChI is InChI=1S/C32H40ClNO4/c1-6-28(35)31(5)15-13-23(31)18-34-19-32(14-7-8-21-16-24(33)10-11-25(21)32)20-37-27-12-9-22(17-26(27)34)29(36)38-30(2,3)4/h6,9-12,16-17,23,28,35H,1,7-8,13-15,18-20H2,2-5H3/t23-,28?,31+,32-/m0/s1. The van der Waals surface area contributed by atoms with Gasteiger partial charge in [-0.25, -0.2) is 4.79 Å². The van der Waals surface area contributed by atoms with Gasteiger partial charge in [0.15, 0.2) is 0 Å². The van der Waals surface area contributed by atoms with Crippen molar-refractivity contribution >= 4 is 23.3 Å². The van der Waals surface area contributed by atoms with Crippen molar-refractivity contribution in [1.29, 1.82) is 0 Å². The van der Waals surface area contributed by atoms with Crippen LogP contribution in [0.5, 0.6) is 5.75 Å². The Labute approximate surface area is 231 Å². The number of aliphatic hydroxyl groups is 1. The third-order valence-electron chi connectivity index (χ3n) is 8.98. The van der Waals surface area contributed by atoms with Crippen LogP contribution in [0.1, 0.15) is 74.9 Å². The first kappa shape index (κ1) is 27.1. The van der Waals surface area contributed by atoms with E-state index in [1.54, 1.807) is 12.1 Å². The Morgan fingerprint density at radius 3 is 2.76 bits per heavy atom. The zero-order valence-corrected chi connectivity index (χ0v) is 23.8. The van der Waals surface area contributed by atoms with Crippen LogP contribution >= 0.6 is 11.6 Å². The Morgan fingerprint density at radius 1 is 1.29 bits per heavy atom. The number of halogens is 1. The molecule has 1 heterocycles. The fraction of sp³-hybridized carbons (Fsp3) is 0.531. The molecule has 6 heteroatoms. The average molecular weight is 538 g/mol. The smallest absolute Gasteiger partial charge is 0.338 e. The van der Waals surface area contributed by atoms with Crippen LogP contribution in [0.15, 0.2) is 49.1 Å². The zero-order chi connectivity index (χ0) is 27.3. The summed E-state index contributed by atoms with van der Waals surface area (Å²) in [6, 6.07) is 11.9. The van der Waals surface area contributed by atoms with Crippen LogP contribution in [0, 0.1) is 11.3 Å². The molecule has 2 aromatic rings. The lowest BCUT2D eigenvalue weighted by Crippen LogP contribution is -2.53. The number of carbonyl (C=O) groups is 1. The lowest BCUT2D eigenvalue weighted by molar-refractivity contribution is -0.0466. The second-order valence-corrected chi connectivity index (χ2v) is 13.1. The maximum Gasteiger partial charge on any atom is 0.338 e. The quantitative estimate of drug-likeness (QED) is 0.338. The molecule has 0 bridgehead atoms. The van der Waals surface area contributed by atoms with Crippen LogP contribution in [-0.2, 0) is 16.6 Å². The van der Waals surface area contributed by atoms with Gasteiger partial charge in [0, 0.05) is 28.9 Å². The van der Waals surface area contributed by atoms with E-state index in [0.717, 1.165) is 61.7 Å². The van der Waals surface area contributed by atoms with Gasteiger partial charge in [-0.3, -0.25) is 0 Å². The molecule has 1 spiro atoms. The van der Waals surface area contributed by atoms with Crippen molar-refractivity contribution in [2.75, 3.05) is 24.6 Å². The molecule has 5 nitrogen and oxygen atoms in total. The summed E-state index contributed by atoms with van der Waals surface area (Å²) in [5, 5.41) is 11.5. The number of aliphatic hydroxyl groups excluding tert-OH is 1. The van der Waals surface area contributed by atoms with Crippen LogP contribution < -0.4 is 9.64 Å². The van der Waals surface area contributed by atoms with Gasteiger partial charge in [0.2, 0.25) is 0 Å². The number of carbonyl (C=O) groups excluding carboxylic acids is 1. The largest absolute Gasteiger partial charge is 0.490 e. The summed E-state index contributed by atoms with van der Waals surface area (Å²) >= 11 is 6.38. The number of aryl methyl sites for hydroxylation is 1. The van der Waals surface area contributed by atoms with Crippen molar-refractivity contribution in [2.45, 2.75) is 76.9 Å². The number of hydrogen-bond donors (Lipinski definition) is 1. The molecule has 204 valence electrons. The minimum Gasteiger partial charge on any atom is -0.490 e. The molecule has 4 atom stereocenters. The van der Waals surface area contributed by atoms with Gasteiger partial charge in [-0.1, -0.05) is 30.7 Å². The summed E-state index contributed by atoms with van der Waals surface area (Å²) in [6.07, 6.45) is 6.21. The Bertz CT molecular complexity index is 1240. The van der Waals surface area contributed by atoms with E-state index in [2.05, 4.69) is 30.5 Å². The Morgan fingerprint density at radius 2 is 2.08 bits per heavy atom. The van der Waals surface area contributed by atoms with E-state index in [4.69, 9.17) is 21.1 Å². The molecule has 3 aliphatic rings. The van der Waals surface area contributed by atoms with E-state index < -0.39 is 11.7 Å². The minimum atomic E-state index is -0.578. The maximum atomic E-state index is 13.0. The number of hydrogen-bond acceptors (Lipinski definition) is 5. The molecule has 5 rings (SSSR count). The third kappa shape index (κ3) is 4.96. The first-order valence-electron chi connectivity index (χ1n) is 13.8. The van der Waals surface area contributed by atoms with Gasteiger partial charge in [-0.05, 0) is 100 Å². The van der Waals surface area contributed by atoms with Crippen molar-refractivity contribution in [3.8, 4) is 5.75 Å². The zero-order valence-electron chi connectivity index (χ0n) is 23.1. The SMILES string of the molecule is C=CC(O)[C@]1(C)CC[C@H]1CN1C[C@@]2(CCCc3cc(Cl)ccc32)COc2ccc(C(=O)OC(C)(C)C)cc21. The first-order chi connectivity index (χ1) is 17.9. The molecular weight excluding hydrogens is 498 g/mol. The highest BCUT2D eigenvalue weighted by atomic mass is 35.5. The predicted octanol–water partition coefficient (Wildman–Crippen LogP) is 6.73. The lowest BCUT2D eigenvalue weighted by atomic mass is 9.58. The molecule has 0 saturated heterocycles. The highest BCUT2D eigenvalue weighted by Gasteiger charge is 2.49. The second-order valence-electron chi connectivity index (χ2n) is 12.7. The normalized spacial score (nSPS) is 27.3. The minimum absolute atomic E-state index is 0.194. The molecule has 1 saturated carbocycles. The van der Waals surface area contributed by atoms with Gasteiger partial charge in [0.25, 0.3) is 0 Å². The fourth-order valence-electron chi connectivity index (χ4n) is 6.61. The summed E-state index contributed by atoms with van der Waals surface area (Å²) in [5.74, 6) is 0.727. The summed E-state index contributed by atoms with van der Waals surface area (Å²) in [6.45, 7) is 13.7. The summed E-state index contributed by atoms with van der Waals surface area (Å²) < 4.78 is 12.2. The van der Waals surface area contributed by atoms with Crippen molar-refractivity contribution in [2.24, 2.45) is 11.3 Å². The first-order valence-corrected chi connectivity index (χ1v) is 14.2. The van der Waals surface area contributed by atoms with Gasteiger partial charge in [0.05, 0.1) is 24.0 Å². The van der Waals surface area contributed by atoms with E-state index >= 15 is 0 Å². The number of fused-ring (bicyclic) bond motifs is 3. The average Bonchev–Trinajstić information content (AvgIpc) is 3.01. The van der Waals surface area contributed by atoms with Crippen molar-refractivity contribution < 1.29 is 19.4 Å². The van der Waals surface area contributed by atoms with Crippen molar-refractivity contribution in [3.05, 3.63) is 70.8 Å². The van der Waals surface area contributed by atoms with Crippen LogP contribution in [0.2, 0.25) is 5.02 Å². The molecule has 2 aromatic carbocycles. The number of anilines is 1. The Kier molecular flexibility index (Phi) is 7.06. The number of nitrogens with zero attached hydrogens (tertiary/aromatic N) is 1. The third-order valence-corrected chi connectivity index (χ3v) is 9.21. The summed E-state index contributed by atoms with van der Waals surface area (Å²) in [4.78, 5) is 15.4. The van der Waals surface area contributed by atoms with Gasteiger partial charge >= 0.3 is 5.97 Å². The van der Waals surface area contributed by atoms with Crippen LogP contribution in [-0.4, -0.2) is 42.5 Å². The van der Waals surface area contributed by atoms with Gasteiger partial charge in [-0.2, -0.15) is 0 Å². The molecule has 38 heavy (non-hydrogen) atoms. The lowest BCUT2D eigenvalue weighted by Gasteiger charge is -2.52. The molecule has 0 radical (unpaired) electrons. The van der Waals surface area contributed by atoms with Crippen molar-refractivity contribution in [1.82, 2.24) is 0 Å². The number of rotatable bonds is 5. The van der Waals surface area contributed by atoms with E-state index in [1.165, 1.54) is 11.1 Å². The van der Waals surface area contributed by atoms with Gasteiger partial charge in [-0.15, -0.1) is 6.58 Å². The molecule has 1 N–H and O–H groups in total. The van der Waals surface area contributed by atoms with Crippen LogP contribution in [0.3, 0.4) is 0 Å². The fourth-order valence-corrected chi connectivity index (χ4v) is 6.80. The topological polar surface area (TPSA) is 59.0 Å². The van der Waals surface area contributed by atoms with Crippen LogP contribution in [0.25, 0.3) is 0 Å². The Balaban J connectivity index is 1.55. The second kappa shape index (κ2) is 9.91. The maximum absolute atomic E-state index is 13.0. The molecule has 2 aliphatic carbocycles. The monoisotopic (exact) mass is 537 g/mol. The highest BCUT2D eigenvalue weighted by Crippen LogP contribution is 2.52. The predicted molar refractivity (Wildman–Crippen MR) is 152 cm³/mol. The van der Waals surface area contributed by atoms with E-state index in [-0.39, 0.29) is 22.7 Å². The van der Waals surface area contributed by atoms with E-state index in [1.807, 2.05) is 39.0 Å². The number of esters is 1. The summed E-state index contributed by atoms with van der Waals surface area (Å²) in [5.41, 5.74) is 3.04. The molecule has 0 aromatic heterocycles. The number of benzene rings is 2. The summed E-state index contributed by atoms with van der Waals surface area (Å²) in [7, 11) is 0. The van der Waals surface area contributed by atoms with Gasteiger partial charge in [0.1, 0.15) is 11.4 Å². The van der Waals surface area contributed by atoms with E-state index in [9.17, 15) is 9.90 Å². The van der Waals surface area contributed by atoms with Gasteiger partial charge < -0.3 is 19.5 Å². The molecule has 1 aliphatic heterocycles. The molecular formula is C32H40ClNO4. The Hall–Kier alpha value is -2.50.